The van der Waals surface area contributed by atoms with Crippen LogP contribution in [0.15, 0.2) is 53.0 Å². The molecule has 6 heteroatoms. The fourth-order valence-electron chi connectivity index (χ4n) is 3.50. The highest BCUT2D eigenvalue weighted by Gasteiger charge is 2.58. The van der Waals surface area contributed by atoms with Gasteiger partial charge in [0.15, 0.2) is 0 Å². The summed E-state index contributed by atoms with van der Waals surface area (Å²) in [5.74, 6) is 0.425. The molecular weight excluding hydrogens is 378 g/mol. The van der Waals surface area contributed by atoms with Crippen molar-refractivity contribution in [2.45, 2.75) is 50.5 Å². The Kier molecular flexibility index (Phi) is 6.06. The third kappa shape index (κ3) is 3.83. The van der Waals surface area contributed by atoms with Gasteiger partial charge in [-0.2, -0.15) is 0 Å². The minimum Gasteiger partial charge on any atom is -0.459 e. The molecule has 0 aromatic heterocycles. The summed E-state index contributed by atoms with van der Waals surface area (Å²) < 4.78 is 5.19. The second-order valence-corrected chi connectivity index (χ2v) is 10.0. The van der Waals surface area contributed by atoms with E-state index in [0.29, 0.717) is 0 Å². The van der Waals surface area contributed by atoms with Crippen molar-refractivity contribution in [2.75, 3.05) is 5.75 Å². The van der Waals surface area contributed by atoms with Gasteiger partial charge in [0.1, 0.15) is 18.0 Å². The first kappa shape index (κ1) is 20.1. The summed E-state index contributed by atoms with van der Waals surface area (Å²) in [5, 5.41) is -0.132. The Morgan fingerprint density at radius 3 is 2.67 bits per heavy atom. The molecule has 144 valence electrons. The summed E-state index contributed by atoms with van der Waals surface area (Å²) in [6, 6.07) is 9.01. The number of esters is 1. The van der Waals surface area contributed by atoms with Gasteiger partial charge in [-0.1, -0.05) is 49.4 Å². The third-order valence-corrected chi connectivity index (χ3v) is 7.17. The molecule has 1 aromatic carbocycles. The maximum Gasteiger partial charge on any atom is 0.330 e. The Morgan fingerprint density at radius 2 is 2.04 bits per heavy atom. The predicted molar refractivity (Wildman–Crippen MR) is 112 cm³/mol. The SMILES string of the molecule is C/C=C/C1=C(SCC)C(=O)N2[C@@H]1SC(C)(C)[C@@H]2C(=O)OCc1ccccc1. The third-order valence-electron chi connectivity index (χ3n) is 4.64. The van der Waals surface area contributed by atoms with E-state index in [0.717, 1.165) is 21.8 Å². The molecule has 0 aliphatic carbocycles. The highest BCUT2D eigenvalue weighted by molar-refractivity contribution is 8.04. The first-order valence-electron chi connectivity index (χ1n) is 9.11. The molecular formula is C21H25NO3S2. The van der Waals surface area contributed by atoms with Crippen molar-refractivity contribution in [3.63, 3.8) is 0 Å². The second-order valence-electron chi connectivity index (χ2n) is 7.00. The first-order chi connectivity index (χ1) is 12.9. The number of hydrogen-bond acceptors (Lipinski definition) is 5. The van der Waals surface area contributed by atoms with E-state index in [-0.39, 0.29) is 23.9 Å². The van der Waals surface area contributed by atoms with Crippen LogP contribution in [0, 0.1) is 0 Å². The van der Waals surface area contributed by atoms with E-state index >= 15 is 0 Å². The highest BCUT2D eigenvalue weighted by atomic mass is 32.2. The lowest BCUT2D eigenvalue weighted by Crippen LogP contribution is -2.49. The van der Waals surface area contributed by atoms with Crippen molar-refractivity contribution >= 4 is 35.4 Å². The van der Waals surface area contributed by atoms with Crippen molar-refractivity contribution in [1.29, 1.82) is 0 Å². The van der Waals surface area contributed by atoms with Gasteiger partial charge in [-0.25, -0.2) is 4.79 Å². The number of thioether (sulfide) groups is 2. The van der Waals surface area contributed by atoms with Crippen LogP contribution in [-0.4, -0.2) is 38.7 Å². The summed E-state index contributed by atoms with van der Waals surface area (Å²) >= 11 is 3.21. The molecule has 0 bridgehead atoms. The molecule has 0 spiro atoms. The summed E-state index contributed by atoms with van der Waals surface area (Å²) in [5.41, 5.74) is 1.94. The maximum atomic E-state index is 13.1. The standard InChI is InChI=1S/C21H25NO3S2/c1-5-10-15-16(26-6-2)18(23)22-17(21(3,4)27-19(15)22)20(24)25-13-14-11-8-7-9-12-14/h5,7-12,17,19H,6,13H2,1-4H3/b10-5+/t17-,19+/m0/s1. The Labute approximate surface area is 169 Å². The quantitative estimate of drug-likeness (QED) is 0.660. The van der Waals surface area contributed by atoms with Crippen LogP contribution in [0.4, 0.5) is 0 Å². The normalized spacial score (nSPS) is 24.0. The number of benzene rings is 1. The molecule has 0 N–H and O–H groups in total. The van der Waals surface area contributed by atoms with Gasteiger partial charge in [-0.05, 0) is 32.1 Å². The number of hydrogen-bond donors (Lipinski definition) is 0. The van der Waals surface area contributed by atoms with E-state index in [2.05, 4.69) is 0 Å². The summed E-state index contributed by atoms with van der Waals surface area (Å²) in [4.78, 5) is 28.6. The van der Waals surface area contributed by atoms with E-state index in [1.54, 1.807) is 28.4 Å². The van der Waals surface area contributed by atoms with Gasteiger partial charge in [-0.3, -0.25) is 4.79 Å². The molecule has 2 heterocycles. The van der Waals surface area contributed by atoms with Crippen LogP contribution in [0.3, 0.4) is 0 Å². The molecule has 0 radical (unpaired) electrons. The zero-order valence-electron chi connectivity index (χ0n) is 16.1. The van der Waals surface area contributed by atoms with Crippen LogP contribution in [0.25, 0.3) is 0 Å². The van der Waals surface area contributed by atoms with Crippen LogP contribution in [0.5, 0.6) is 0 Å². The minimum absolute atomic E-state index is 0.0558. The predicted octanol–water partition coefficient (Wildman–Crippen LogP) is 4.38. The monoisotopic (exact) mass is 403 g/mol. The Bertz CT molecular complexity index is 786. The van der Waals surface area contributed by atoms with E-state index in [1.807, 2.05) is 70.2 Å². The van der Waals surface area contributed by atoms with Gasteiger partial charge in [-0.15, -0.1) is 23.5 Å². The summed E-state index contributed by atoms with van der Waals surface area (Å²) in [6.45, 7) is 8.22. The zero-order chi connectivity index (χ0) is 19.6. The molecule has 0 saturated carbocycles. The molecule has 1 amide bonds. The second kappa shape index (κ2) is 8.15. The number of allylic oxidation sites excluding steroid dienone is 1. The number of amides is 1. The maximum absolute atomic E-state index is 13.1. The Morgan fingerprint density at radius 1 is 1.33 bits per heavy atom. The largest absolute Gasteiger partial charge is 0.459 e. The van der Waals surface area contributed by atoms with Crippen molar-refractivity contribution < 1.29 is 14.3 Å². The van der Waals surface area contributed by atoms with Crippen LogP contribution < -0.4 is 0 Å². The lowest BCUT2D eigenvalue weighted by atomic mass is 10.0. The van der Waals surface area contributed by atoms with Crippen molar-refractivity contribution in [3.05, 3.63) is 58.5 Å². The molecule has 4 nitrogen and oxygen atoms in total. The van der Waals surface area contributed by atoms with Gasteiger partial charge in [0, 0.05) is 10.3 Å². The smallest absolute Gasteiger partial charge is 0.330 e. The number of fused-ring (bicyclic) bond motifs is 1. The molecule has 27 heavy (non-hydrogen) atoms. The molecule has 2 atom stereocenters. The van der Waals surface area contributed by atoms with Crippen LogP contribution in [-0.2, 0) is 20.9 Å². The molecule has 1 fully saturated rings. The minimum atomic E-state index is -0.598. The average Bonchev–Trinajstić information content (AvgIpc) is 3.05. The lowest BCUT2D eigenvalue weighted by molar-refractivity contribution is -0.155. The van der Waals surface area contributed by atoms with Gasteiger partial charge >= 0.3 is 5.97 Å². The summed E-state index contributed by atoms with van der Waals surface area (Å²) in [7, 11) is 0. The number of carbonyl (C=O) groups is 2. The van der Waals surface area contributed by atoms with Crippen LogP contribution in [0.2, 0.25) is 0 Å². The van der Waals surface area contributed by atoms with Gasteiger partial charge in [0.25, 0.3) is 5.91 Å². The van der Waals surface area contributed by atoms with Crippen molar-refractivity contribution in [2.24, 2.45) is 0 Å². The number of rotatable bonds is 6. The fraction of sp³-hybridized carbons (Fsp3) is 0.429. The summed E-state index contributed by atoms with van der Waals surface area (Å²) in [6.07, 6.45) is 3.96. The van der Waals surface area contributed by atoms with E-state index in [4.69, 9.17) is 4.74 Å². The molecule has 1 aromatic rings. The molecule has 3 rings (SSSR count). The van der Waals surface area contributed by atoms with Gasteiger partial charge < -0.3 is 9.64 Å². The fourth-order valence-corrected chi connectivity index (χ4v) is 6.01. The first-order valence-corrected chi connectivity index (χ1v) is 11.0. The Hall–Kier alpha value is -1.66. The zero-order valence-corrected chi connectivity index (χ0v) is 17.7. The van der Waals surface area contributed by atoms with Gasteiger partial charge in [0.2, 0.25) is 0 Å². The van der Waals surface area contributed by atoms with Crippen molar-refractivity contribution in [3.8, 4) is 0 Å². The average molecular weight is 404 g/mol. The van der Waals surface area contributed by atoms with E-state index in [1.165, 1.54) is 0 Å². The van der Waals surface area contributed by atoms with Crippen LogP contribution >= 0.6 is 23.5 Å². The number of nitrogens with zero attached hydrogens (tertiary/aromatic N) is 1. The molecule has 0 unspecified atom stereocenters. The lowest BCUT2D eigenvalue weighted by Gasteiger charge is -2.29. The topological polar surface area (TPSA) is 46.6 Å². The van der Waals surface area contributed by atoms with Crippen LogP contribution in [0.1, 0.15) is 33.3 Å². The number of ether oxygens (including phenoxy) is 1. The molecule has 2 aliphatic heterocycles. The van der Waals surface area contributed by atoms with Crippen molar-refractivity contribution in [1.82, 2.24) is 4.90 Å². The molecule has 1 saturated heterocycles. The number of carbonyl (C=O) groups excluding carboxylic acids is 2. The molecule has 2 aliphatic rings. The van der Waals surface area contributed by atoms with Gasteiger partial charge in [0.05, 0.1) is 4.91 Å². The Balaban J connectivity index is 1.84. The van der Waals surface area contributed by atoms with E-state index < -0.39 is 10.8 Å². The highest BCUT2D eigenvalue weighted by Crippen LogP contribution is 2.53. The van der Waals surface area contributed by atoms with E-state index in [9.17, 15) is 9.59 Å².